The van der Waals surface area contributed by atoms with Gasteiger partial charge in [-0.15, -0.1) is 0 Å². The lowest BCUT2D eigenvalue weighted by atomic mass is 10.1. The molecule has 28 heavy (non-hydrogen) atoms. The zero-order valence-corrected chi connectivity index (χ0v) is 17.2. The van der Waals surface area contributed by atoms with Crippen LogP contribution in [0.15, 0.2) is 23.9 Å². The van der Waals surface area contributed by atoms with E-state index in [4.69, 9.17) is 4.74 Å². The highest BCUT2D eigenvalue weighted by Gasteiger charge is 2.26. The molecule has 1 aliphatic heterocycles. The van der Waals surface area contributed by atoms with Crippen LogP contribution in [-0.2, 0) is 19.1 Å². The lowest BCUT2D eigenvalue weighted by Crippen LogP contribution is -2.43. The van der Waals surface area contributed by atoms with Gasteiger partial charge >= 0.3 is 5.97 Å². The summed E-state index contributed by atoms with van der Waals surface area (Å²) in [7, 11) is 0. The Morgan fingerprint density at radius 1 is 1.21 bits per heavy atom. The van der Waals surface area contributed by atoms with Gasteiger partial charge in [0.2, 0.25) is 5.91 Å². The SMILES string of the molecule is CCOC(=O)CC1=CC(=O)N(CC(=O)NC(C)CC)c2cc(C)c(C)cc2N1. The number of esters is 1. The highest BCUT2D eigenvalue weighted by Crippen LogP contribution is 2.33. The number of ether oxygens (including phenoxy) is 1. The summed E-state index contributed by atoms with van der Waals surface area (Å²) in [5.41, 5.74) is 3.79. The zero-order valence-electron chi connectivity index (χ0n) is 17.2. The Balaban J connectivity index is 2.37. The van der Waals surface area contributed by atoms with Gasteiger partial charge in [-0.25, -0.2) is 0 Å². The number of rotatable bonds is 7. The summed E-state index contributed by atoms with van der Waals surface area (Å²) < 4.78 is 4.99. The van der Waals surface area contributed by atoms with Gasteiger partial charge in [0.1, 0.15) is 6.54 Å². The highest BCUT2D eigenvalue weighted by atomic mass is 16.5. The van der Waals surface area contributed by atoms with Crippen molar-refractivity contribution >= 4 is 29.2 Å². The molecule has 1 atom stereocenters. The molecule has 2 rings (SSSR count). The second-order valence-corrected chi connectivity index (χ2v) is 7.03. The van der Waals surface area contributed by atoms with Crippen LogP contribution in [0.1, 0.15) is 44.7 Å². The van der Waals surface area contributed by atoms with Crippen molar-refractivity contribution in [1.29, 1.82) is 0 Å². The van der Waals surface area contributed by atoms with Gasteiger partial charge < -0.3 is 15.4 Å². The van der Waals surface area contributed by atoms with Crippen LogP contribution in [0.5, 0.6) is 0 Å². The van der Waals surface area contributed by atoms with Crippen molar-refractivity contribution in [3.63, 3.8) is 0 Å². The molecular formula is C21H29N3O4. The molecule has 1 unspecified atom stereocenters. The molecule has 0 radical (unpaired) electrons. The molecule has 1 aromatic carbocycles. The fourth-order valence-corrected chi connectivity index (χ4v) is 2.87. The fraction of sp³-hybridized carbons (Fsp3) is 0.476. The molecule has 0 spiro atoms. The molecule has 0 fully saturated rings. The predicted octanol–water partition coefficient (Wildman–Crippen LogP) is 2.81. The van der Waals surface area contributed by atoms with Crippen molar-refractivity contribution in [3.8, 4) is 0 Å². The maximum absolute atomic E-state index is 12.9. The van der Waals surface area contributed by atoms with E-state index in [1.54, 1.807) is 6.92 Å². The first-order valence-electron chi connectivity index (χ1n) is 9.60. The molecule has 0 saturated heterocycles. The largest absolute Gasteiger partial charge is 0.466 e. The molecule has 2 N–H and O–H groups in total. The monoisotopic (exact) mass is 387 g/mol. The lowest BCUT2D eigenvalue weighted by molar-refractivity contribution is -0.142. The first-order valence-corrected chi connectivity index (χ1v) is 9.60. The third kappa shape index (κ3) is 5.34. The number of carbonyl (C=O) groups is 3. The summed E-state index contributed by atoms with van der Waals surface area (Å²) >= 11 is 0. The number of hydrogen-bond donors (Lipinski definition) is 2. The molecule has 1 aromatic rings. The predicted molar refractivity (Wildman–Crippen MR) is 109 cm³/mol. The van der Waals surface area contributed by atoms with Gasteiger partial charge in [-0.3, -0.25) is 19.3 Å². The van der Waals surface area contributed by atoms with Gasteiger partial charge in [0.05, 0.1) is 24.4 Å². The molecule has 0 aromatic heterocycles. The average molecular weight is 387 g/mol. The molecule has 7 heteroatoms. The Bertz CT molecular complexity index is 801. The first kappa shape index (κ1) is 21.5. The van der Waals surface area contributed by atoms with Crippen LogP contribution >= 0.6 is 0 Å². The normalized spacial score (nSPS) is 14.4. The minimum atomic E-state index is -0.414. The van der Waals surface area contributed by atoms with Crippen molar-refractivity contribution in [2.24, 2.45) is 0 Å². The number of benzene rings is 1. The number of nitrogens with one attached hydrogen (secondary N) is 2. The van der Waals surface area contributed by atoms with E-state index in [1.165, 1.54) is 11.0 Å². The van der Waals surface area contributed by atoms with E-state index >= 15 is 0 Å². The molecule has 0 bridgehead atoms. The molecule has 0 aliphatic carbocycles. The van der Waals surface area contributed by atoms with Crippen LogP contribution in [0.25, 0.3) is 0 Å². The Morgan fingerprint density at radius 3 is 2.54 bits per heavy atom. The van der Waals surface area contributed by atoms with Gasteiger partial charge in [-0.1, -0.05) is 6.92 Å². The molecular weight excluding hydrogens is 358 g/mol. The van der Waals surface area contributed by atoms with E-state index in [0.717, 1.165) is 17.5 Å². The van der Waals surface area contributed by atoms with Crippen molar-refractivity contribution < 1.29 is 19.1 Å². The number of hydrogen-bond acceptors (Lipinski definition) is 5. The molecule has 2 amide bonds. The number of anilines is 2. The Labute approximate surface area is 166 Å². The molecule has 1 aliphatic rings. The van der Waals surface area contributed by atoms with Crippen LogP contribution in [0.2, 0.25) is 0 Å². The smallest absolute Gasteiger partial charge is 0.311 e. The zero-order chi connectivity index (χ0) is 20.8. The van der Waals surface area contributed by atoms with Gasteiger partial charge in [0.15, 0.2) is 0 Å². The van der Waals surface area contributed by atoms with Gasteiger partial charge in [-0.2, -0.15) is 0 Å². The summed E-state index contributed by atoms with van der Waals surface area (Å²) in [5, 5.41) is 6.06. The van der Waals surface area contributed by atoms with Crippen LogP contribution in [0.3, 0.4) is 0 Å². The standard InChI is InChI=1S/C21H29N3O4/c1-6-15(5)22-19(25)12-24-18-9-14(4)13(3)8-17(18)23-16(10-20(24)26)11-21(27)28-7-2/h8-10,15,23H,6-7,11-12H2,1-5H3,(H,22,25). The van der Waals surface area contributed by atoms with Gasteiger partial charge in [0, 0.05) is 17.8 Å². The lowest BCUT2D eigenvalue weighted by Gasteiger charge is -2.24. The first-order chi connectivity index (χ1) is 13.2. The number of nitrogens with zero attached hydrogens (tertiary/aromatic N) is 1. The molecule has 0 saturated carbocycles. The quantitative estimate of drug-likeness (QED) is 0.703. The van der Waals surface area contributed by atoms with Crippen molar-refractivity contribution in [1.82, 2.24) is 5.32 Å². The van der Waals surface area contributed by atoms with E-state index < -0.39 is 5.97 Å². The van der Waals surface area contributed by atoms with E-state index in [2.05, 4.69) is 10.6 Å². The number of aryl methyl sites for hydroxylation is 2. The van der Waals surface area contributed by atoms with Gasteiger partial charge in [0.25, 0.3) is 5.91 Å². The second-order valence-electron chi connectivity index (χ2n) is 7.03. The third-order valence-corrected chi connectivity index (χ3v) is 4.72. The number of fused-ring (bicyclic) bond motifs is 1. The van der Waals surface area contributed by atoms with Crippen LogP contribution < -0.4 is 15.5 Å². The van der Waals surface area contributed by atoms with Gasteiger partial charge in [-0.05, 0) is 57.4 Å². The Hall–Kier alpha value is -2.83. The van der Waals surface area contributed by atoms with Crippen LogP contribution in [0, 0.1) is 13.8 Å². The van der Waals surface area contributed by atoms with Crippen molar-refractivity contribution in [2.75, 3.05) is 23.4 Å². The Morgan fingerprint density at radius 2 is 1.89 bits per heavy atom. The third-order valence-electron chi connectivity index (χ3n) is 4.72. The van der Waals surface area contributed by atoms with E-state index in [-0.39, 0.29) is 37.4 Å². The molecule has 152 valence electrons. The topological polar surface area (TPSA) is 87.7 Å². The fourth-order valence-electron chi connectivity index (χ4n) is 2.87. The maximum Gasteiger partial charge on any atom is 0.311 e. The van der Waals surface area contributed by atoms with Crippen LogP contribution in [0.4, 0.5) is 11.4 Å². The second kappa shape index (κ2) is 9.39. The minimum absolute atomic E-state index is 0.0295. The minimum Gasteiger partial charge on any atom is -0.466 e. The van der Waals surface area contributed by atoms with Crippen LogP contribution in [-0.4, -0.2) is 37.0 Å². The summed E-state index contributed by atoms with van der Waals surface area (Å²) in [4.78, 5) is 38.6. The maximum atomic E-state index is 12.9. The molecule has 7 nitrogen and oxygen atoms in total. The van der Waals surface area contributed by atoms with E-state index in [9.17, 15) is 14.4 Å². The molecule has 1 heterocycles. The summed E-state index contributed by atoms with van der Waals surface area (Å²) in [6, 6.07) is 3.83. The average Bonchev–Trinajstić information content (AvgIpc) is 2.73. The summed E-state index contributed by atoms with van der Waals surface area (Å²) in [6.45, 7) is 9.74. The van der Waals surface area contributed by atoms with E-state index in [1.807, 2.05) is 39.8 Å². The highest BCUT2D eigenvalue weighted by molar-refractivity contribution is 6.09. The number of amides is 2. The Kier molecular flexibility index (Phi) is 7.20. The van der Waals surface area contributed by atoms with E-state index in [0.29, 0.717) is 17.1 Å². The number of carbonyl (C=O) groups excluding carboxylic acids is 3. The van der Waals surface area contributed by atoms with Crippen molar-refractivity contribution in [3.05, 3.63) is 35.0 Å². The summed E-state index contributed by atoms with van der Waals surface area (Å²) in [6.07, 6.45) is 2.12. The summed E-state index contributed by atoms with van der Waals surface area (Å²) in [5.74, 6) is -0.996. The van der Waals surface area contributed by atoms with Crippen molar-refractivity contribution in [2.45, 2.75) is 53.5 Å².